The number of esters is 1. The minimum atomic E-state index is -0.581. The molecule has 42 heavy (non-hydrogen) atoms. The van der Waals surface area contributed by atoms with Gasteiger partial charge in [0.1, 0.15) is 28.6 Å². The van der Waals surface area contributed by atoms with Gasteiger partial charge in [-0.25, -0.2) is 19.6 Å². The predicted octanol–water partition coefficient (Wildman–Crippen LogP) is 5.12. The largest absolute Gasteiger partial charge is 0.457 e. The van der Waals surface area contributed by atoms with Crippen LogP contribution in [0.5, 0.6) is 11.5 Å². The monoisotopic (exact) mass is 566 g/mol. The molecule has 0 unspecified atom stereocenters. The summed E-state index contributed by atoms with van der Waals surface area (Å²) < 4.78 is 16.8. The fraction of sp³-hybridized carbons (Fsp3) is 0.312. The highest BCUT2D eigenvalue weighted by molar-refractivity contribution is 5.87. The van der Waals surface area contributed by atoms with Crippen molar-refractivity contribution < 1.29 is 14.3 Å². The molecule has 10 heteroatoms. The molecule has 1 fully saturated rings. The van der Waals surface area contributed by atoms with Gasteiger partial charge in [0.05, 0.1) is 30.0 Å². The van der Waals surface area contributed by atoms with Crippen LogP contribution in [0.15, 0.2) is 83.9 Å². The fourth-order valence-electron chi connectivity index (χ4n) is 5.40. The molecular weight excluding hydrogens is 532 g/mol. The van der Waals surface area contributed by atoms with Gasteiger partial charge in [0.2, 0.25) is 0 Å². The number of aromatic nitrogens is 5. The van der Waals surface area contributed by atoms with Crippen molar-refractivity contribution in [2.75, 3.05) is 13.1 Å². The second kappa shape index (κ2) is 10.9. The summed E-state index contributed by atoms with van der Waals surface area (Å²) in [5.74, 6) is 1.81. The van der Waals surface area contributed by atoms with Gasteiger partial charge in [0, 0.05) is 26.3 Å². The summed E-state index contributed by atoms with van der Waals surface area (Å²) in [4.78, 5) is 37.9. The number of carbonyl (C=O) groups is 1. The molecule has 216 valence electrons. The Labute approximate surface area is 243 Å². The van der Waals surface area contributed by atoms with Crippen LogP contribution in [0.2, 0.25) is 0 Å². The van der Waals surface area contributed by atoms with Gasteiger partial charge in [-0.05, 0) is 75.7 Å². The summed E-state index contributed by atoms with van der Waals surface area (Å²) in [5.41, 5.74) is 1.86. The summed E-state index contributed by atoms with van der Waals surface area (Å²) in [7, 11) is 1.83. The minimum Gasteiger partial charge on any atom is -0.457 e. The first kappa shape index (κ1) is 27.5. The van der Waals surface area contributed by atoms with Gasteiger partial charge in [0.15, 0.2) is 5.65 Å². The Balaban J connectivity index is 1.22. The highest BCUT2D eigenvalue weighted by atomic mass is 16.6. The predicted molar refractivity (Wildman–Crippen MR) is 159 cm³/mol. The van der Waals surface area contributed by atoms with Crippen molar-refractivity contribution in [2.45, 2.75) is 45.4 Å². The zero-order valence-corrected chi connectivity index (χ0v) is 24.2. The molecule has 0 amide bonds. The molecule has 4 heterocycles. The Bertz CT molecular complexity index is 1780. The van der Waals surface area contributed by atoms with Crippen molar-refractivity contribution in [2.24, 2.45) is 7.05 Å². The van der Waals surface area contributed by atoms with E-state index in [1.54, 1.807) is 21.5 Å². The Morgan fingerprint density at radius 1 is 0.976 bits per heavy atom. The van der Waals surface area contributed by atoms with Crippen LogP contribution in [-0.2, 0) is 18.3 Å². The molecule has 2 aromatic carbocycles. The zero-order valence-electron chi connectivity index (χ0n) is 24.2. The van der Waals surface area contributed by atoms with E-state index in [0.717, 1.165) is 35.7 Å². The molecular formula is C32H34N6O4. The lowest BCUT2D eigenvalue weighted by Crippen LogP contribution is -2.29. The van der Waals surface area contributed by atoms with Gasteiger partial charge in [-0.2, -0.15) is 0 Å². The van der Waals surface area contributed by atoms with Crippen LogP contribution < -0.4 is 10.4 Å². The lowest BCUT2D eigenvalue weighted by atomic mass is 10.2. The van der Waals surface area contributed by atoms with Crippen molar-refractivity contribution in [1.82, 2.24) is 28.6 Å². The van der Waals surface area contributed by atoms with Gasteiger partial charge < -0.3 is 14.0 Å². The standard InChI is InChI=1S/C32H34N6O4/c1-32(2,3)42-30(39)27-19-34-28(35(27)4)21-36-18-16-23(20-36)38-29-26(11-8-17-33-29)37(31(38)40)22-12-14-25(15-13-22)41-24-9-6-5-7-10-24/h5-15,17,19,23H,16,18,20-21H2,1-4H3/t23-/m0/s1. The number of hydrogen-bond acceptors (Lipinski definition) is 7. The van der Waals surface area contributed by atoms with E-state index in [2.05, 4.69) is 14.9 Å². The maximum absolute atomic E-state index is 13.9. The van der Waals surface area contributed by atoms with Gasteiger partial charge in [0.25, 0.3) is 0 Å². The van der Waals surface area contributed by atoms with Crippen molar-refractivity contribution in [3.63, 3.8) is 0 Å². The van der Waals surface area contributed by atoms with E-state index in [4.69, 9.17) is 9.47 Å². The van der Waals surface area contributed by atoms with Crippen LogP contribution in [0.3, 0.4) is 0 Å². The molecule has 10 nitrogen and oxygen atoms in total. The first-order valence-corrected chi connectivity index (χ1v) is 14.1. The lowest BCUT2D eigenvalue weighted by molar-refractivity contribution is 0.00583. The normalized spacial score (nSPS) is 15.8. The molecule has 1 saturated heterocycles. The molecule has 0 bridgehead atoms. The number of ether oxygens (including phenoxy) is 2. The average molecular weight is 567 g/mol. The van der Waals surface area contributed by atoms with E-state index in [1.165, 1.54) is 0 Å². The molecule has 1 aliphatic rings. The highest BCUT2D eigenvalue weighted by Crippen LogP contribution is 2.28. The molecule has 0 N–H and O–H groups in total. The second-order valence-corrected chi connectivity index (χ2v) is 11.5. The molecule has 6 rings (SSSR count). The second-order valence-electron chi connectivity index (χ2n) is 11.5. The number of hydrogen-bond donors (Lipinski definition) is 0. The van der Waals surface area contributed by atoms with E-state index in [-0.39, 0.29) is 11.7 Å². The third kappa shape index (κ3) is 5.45. The van der Waals surface area contributed by atoms with Gasteiger partial charge in [-0.1, -0.05) is 18.2 Å². The summed E-state index contributed by atoms with van der Waals surface area (Å²) in [6, 6.07) is 20.8. The summed E-state index contributed by atoms with van der Waals surface area (Å²) in [6.07, 6.45) is 4.08. The molecule has 1 atom stereocenters. The van der Waals surface area contributed by atoms with E-state index in [1.807, 2.05) is 99.1 Å². The zero-order chi connectivity index (χ0) is 29.4. The van der Waals surface area contributed by atoms with Crippen LogP contribution in [0, 0.1) is 0 Å². The maximum atomic E-state index is 13.9. The highest BCUT2D eigenvalue weighted by Gasteiger charge is 2.30. The third-order valence-electron chi connectivity index (χ3n) is 7.38. The number of rotatable bonds is 7. The van der Waals surface area contributed by atoms with Gasteiger partial charge in [-0.3, -0.25) is 14.0 Å². The molecule has 1 aliphatic heterocycles. The number of benzene rings is 2. The number of pyridine rings is 1. The van der Waals surface area contributed by atoms with E-state index >= 15 is 0 Å². The molecule has 0 spiro atoms. The Hall–Kier alpha value is -4.70. The quantitative estimate of drug-likeness (QED) is 0.253. The van der Waals surface area contributed by atoms with Crippen LogP contribution >= 0.6 is 0 Å². The van der Waals surface area contributed by atoms with Crippen LogP contribution in [0.4, 0.5) is 0 Å². The molecule has 0 radical (unpaired) electrons. The van der Waals surface area contributed by atoms with E-state index < -0.39 is 11.6 Å². The van der Waals surface area contributed by atoms with Gasteiger partial charge >= 0.3 is 11.7 Å². The van der Waals surface area contributed by atoms with E-state index in [0.29, 0.717) is 30.2 Å². The first-order chi connectivity index (χ1) is 20.2. The summed E-state index contributed by atoms with van der Waals surface area (Å²) in [5, 5.41) is 0. The van der Waals surface area contributed by atoms with Gasteiger partial charge in [-0.15, -0.1) is 0 Å². The lowest BCUT2D eigenvalue weighted by Gasteiger charge is -2.20. The first-order valence-electron chi connectivity index (χ1n) is 14.1. The third-order valence-corrected chi connectivity index (χ3v) is 7.38. The topological polar surface area (TPSA) is 96.4 Å². The summed E-state index contributed by atoms with van der Waals surface area (Å²) >= 11 is 0. The number of para-hydroxylation sites is 1. The number of carbonyl (C=O) groups excluding carboxylic acids is 1. The van der Waals surface area contributed by atoms with Crippen LogP contribution in [0.25, 0.3) is 16.9 Å². The molecule has 3 aromatic heterocycles. The molecule has 5 aromatic rings. The Morgan fingerprint density at radius 2 is 1.71 bits per heavy atom. The van der Waals surface area contributed by atoms with Crippen molar-refractivity contribution >= 4 is 17.1 Å². The van der Waals surface area contributed by atoms with Crippen LogP contribution in [0.1, 0.15) is 49.5 Å². The smallest absolute Gasteiger partial charge is 0.357 e. The molecule has 0 aliphatic carbocycles. The minimum absolute atomic E-state index is 0.0533. The van der Waals surface area contributed by atoms with Crippen molar-refractivity contribution in [3.05, 3.63) is 101 Å². The SMILES string of the molecule is Cn1c(C(=O)OC(C)(C)C)cnc1CN1CC[C@H](n2c(=O)n(-c3ccc(Oc4ccccc4)cc3)c3cccnc32)C1. The number of nitrogens with zero attached hydrogens (tertiary/aromatic N) is 6. The van der Waals surface area contributed by atoms with Crippen molar-refractivity contribution in [1.29, 1.82) is 0 Å². The molecule has 0 saturated carbocycles. The number of imidazole rings is 2. The number of fused-ring (bicyclic) bond motifs is 1. The Morgan fingerprint density at radius 3 is 2.45 bits per heavy atom. The summed E-state index contributed by atoms with van der Waals surface area (Å²) in [6.45, 7) is 7.53. The van der Waals surface area contributed by atoms with Crippen LogP contribution in [-0.4, -0.2) is 53.2 Å². The average Bonchev–Trinajstić information content (AvgIpc) is 3.64. The van der Waals surface area contributed by atoms with Crippen molar-refractivity contribution in [3.8, 4) is 17.2 Å². The fourth-order valence-corrected chi connectivity index (χ4v) is 5.40. The number of likely N-dealkylation sites (tertiary alicyclic amines) is 1. The maximum Gasteiger partial charge on any atom is 0.357 e. The Kier molecular flexibility index (Phi) is 7.16. The van der Waals surface area contributed by atoms with E-state index in [9.17, 15) is 9.59 Å².